The van der Waals surface area contributed by atoms with Gasteiger partial charge in [0.2, 0.25) is 0 Å². The predicted molar refractivity (Wildman–Crippen MR) is 75.7 cm³/mol. The molecule has 1 aliphatic rings. The van der Waals surface area contributed by atoms with Crippen LogP contribution in [0.3, 0.4) is 0 Å². The molecule has 5 nitrogen and oxygen atoms in total. The number of likely N-dealkylation sites (N-methyl/N-ethyl adjacent to an activating group) is 1. The SMILES string of the molecule is CCOc1cc(C=O)cc2c1OC(C(C)C)C(=O)N2C. The molecule has 1 heterocycles. The summed E-state index contributed by atoms with van der Waals surface area (Å²) in [5.41, 5.74) is 1.03. The molecule has 20 heavy (non-hydrogen) atoms. The van der Waals surface area contributed by atoms with E-state index in [1.807, 2.05) is 20.8 Å². The first-order valence-electron chi connectivity index (χ1n) is 6.69. The third-order valence-electron chi connectivity index (χ3n) is 3.28. The third kappa shape index (κ3) is 2.35. The summed E-state index contributed by atoms with van der Waals surface area (Å²) in [6.07, 6.45) is 0.198. The van der Waals surface area contributed by atoms with Crippen molar-refractivity contribution in [2.24, 2.45) is 5.92 Å². The fourth-order valence-corrected chi connectivity index (χ4v) is 2.21. The molecular weight excluding hydrogens is 258 g/mol. The van der Waals surface area contributed by atoms with E-state index >= 15 is 0 Å². The van der Waals surface area contributed by atoms with E-state index in [-0.39, 0.29) is 11.8 Å². The topological polar surface area (TPSA) is 55.8 Å². The van der Waals surface area contributed by atoms with Crippen LogP contribution in [0.15, 0.2) is 12.1 Å². The van der Waals surface area contributed by atoms with Gasteiger partial charge in [0.05, 0.1) is 12.3 Å². The van der Waals surface area contributed by atoms with Gasteiger partial charge in [0.15, 0.2) is 17.6 Å². The summed E-state index contributed by atoms with van der Waals surface area (Å²) in [5.74, 6) is 0.965. The van der Waals surface area contributed by atoms with Crippen LogP contribution in [0.25, 0.3) is 0 Å². The summed E-state index contributed by atoms with van der Waals surface area (Å²) in [6.45, 7) is 6.18. The Morgan fingerprint density at radius 3 is 2.70 bits per heavy atom. The van der Waals surface area contributed by atoms with Gasteiger partial charge in [-0.3, -0.25) is 9.59 Å². The number of hydrogen-bond donors (Lipinski definition) is 0. The van der Waals surface area contributed by atoms with Crippen LogP contribution in [0.1, 0.15) is 31.1 Å². The Balaban J connectivity index is 2.56. The molecule has 108 valence electrons. The molecule has 1 amide bonds. The Bertz CT molecular complexity index is 539. The Morgan fingerprint density at radius 2 is 2.15 bits per heavy atom. The molecule has 0 saturated carbocycles. The highest BCUT2D eigenvalue weighted by Gasteiger charge is 2.36. The highest BCUT2D eigenvalue weighted by Crippen LogP contribution is 2.43. The molecule has 0 spiro atoms. The van der Waals surface area contributed by atoms with Crippen LogP contribution in [0.2, 0.25) is 0 Å². The first-order chi connectivity index (χ1) is 9.49. The largest absolute Gasteiger partial charge is 0.490 e. The van der Waals surface area contributed by atoms with E-state index in [1.54, 1.807) is 19.2 Å². The minimum Gasteiger partial charge on any atom is -0.490 e. The molecule has 1 atom stereocenters. The summed E-state index contributed by atoms with van der Waals surface area (Å²) < 4.78 is 11.4. The number of ether oxygens (including phenoxy) is 2. The van der Waals surface area contributed by atoms with Crippen molar-refractivity contribution in [3.63, 3.8) is 0 Å². The highest BCUT2D eigenvalue weighted by molar-refractivity contribution is 6.01. The van der Waals surface area contributed by atoms with E-state index < -0.39 is 6.10 Å². The molecule has 1 aliphatic heterocycles. The number of anilines is 1. The van der Waals surface area contributed by atoms with E-state index in [2.05, 4.69) is 0 Å². The molecule has 0 aromatic heterocycles. The number of carbonyl (C=O) groups excluding carboxylic acids is 2. The molecule has 5 heteroatoms. The zero-order valence-corrected chi connectivity index (χ0v) is 12.2. The number of benzene rings is 1. The maximum absolute atomic E-state index is 12.3. The lowest BCUT2D eigenvalue weighted by molar-refractivity contribution is -0.127. The number of fused-ring (bicyclic) bond motifs is 1. The molecule has 0 radical (unpaired) electrons. The molecule has 0 N–H and O–H groups in total. The zero-order valence-electron chi connectivity index (χ0n) is 12.2. The Hall–Kier alpha value is -2.04. The fourth-order valence-electron chi connectivity index (χ4n) is 2.21. The maximum Gasteiger partial charge on any atom is 0.268 e. The molecule has 0 saturated heterocycles. The van der Waals surface area contributed by atoms with E-state index in [0.29, 0.717) is 29.4 Å². The Labute approximate surface area is 118 Å². The molecule has 2 rings (SSSR count). The minimum absolute atomic E-state index is 0.0540. The smallest absolute Gasteiger partial charge is 0.268 e. The van der Waals surface area contributed by atoms with E-state index in [4.69, 9.17) is 9.47 Å². The van der Waals surface area contributed by atoms with Crippen LogP contribution in [-0.4, -0.2) is 32.0 Å². The predicted octanol–water partition coefficient (Wildman–Crippen LogP) is 2.28. The summed E-state index contributed by atoms with van der Waals surface area (Å²) in [4.78, 5) is 24.8. The summed E-state index contributed by atoms with van der Waals surface area (Å²) >= 11 is 0. The van der Waals surface area contributed by atoms with Gasteiger partial charge in [-0.25, -0.2) is 0 Å². The second kappa shape index (κ2) is 5.53. The van der Waals surface area contributed by atoms with Crippen LogP contribution >= 0.6 is 0 Å². The average Bonchev–Trinajstić information content (AvgIpc) is 2.42. The third-order valence-corrected chi connectivity index (χ3v) is 3.28. The lowest BCUT2D eigenvalue weighted by Crippen LogP contribution is -2.46. The van der Waals surface area contributed by atoms with Gasteiger partial charge < -0.3 is 14.4 Å². The molecule has 1 aromatic carbocycles. The van der Waals surface area contributed by atoms with Gasteiger partial charge in [0.25, 0.3) is 5.91 Å². The van der Waals surface area contributed by atoms with Crippen molar-refractivity contribution in [3.05, 3.63) is 17.7 Å². The number of carbonyl (C=O) groups is 2. The van der Waals surface area contributed by atoms with Crippen LogP contribution in [0.5, 0.6) is 11.5 Å². The van der Waals surface area contributed by atoms with Gasteiger partial charge in [-0.2, -0.15) is 0 Å². The monoisotopic (exact) mass is 277 g/mol. The first-order valence-corrected chi connectivity index (χ1v) is 6.69. The lowest BCUT2D eigenvalue weighted by Gasteiger charge is -2.34. The van der Waals surface area contributed by atoms with Crippen molar-refractivity contribution >= 4 is 17.9 Å². The fraction of sp³-hybridized carbons (Fsp3) is 0.467. The van der Waals surface area contributed by atoms with Crippen LogP contribution in [0.4, 0.5) is 5.69 Å². The van der Waals surface area contributed by atoms with Crippen LogP contribution < -0.4 is 14.4 Å². The zero-order chi connectivity index (χ0) is 14.9. The van der Waals surface area contributed by atoms with Gasteiger partial charge in [-0.05, 0) is 25.0 Å². The average molecular weight is 277 g/mol. The van der Waals surface area contributed by atoms with Crippen molar-refractivity contribution in [2.45, 2.75) is 26.9 Å². The lowest BCUT2D eigenvalue weighted by atomic mass is 10.0. The molecule has 0 fully saturated rings. The molecular formula is C15H19NO4. The van der Waals surface area contributed by atoms with Gasteiger partial charge in [0, 0.05) is 12.6 Å². The standard InChI is InChI=1S/C15H19NO4/c1-5-19-12-7-10(8-17)6-11-14(12)20-13(9(2)3)15(18)16(11)4/h6-9,13H,5H2,1-4H3. The van der Waals surface area contributed by atoms with Crippen molar-refractivity contribution in [1.82, 2.24) is 0 Å². The van der Waals surface area contributed by atoms with Crippen molar-refractivity contribution in [2.75, 3.05) is 18.6 Å². The van der Waals surface area contributed by atoms with E-state index in [9.17, 15) is 9.59 Å². The number of nitrogens with zero attached hydrogens (tertiary/aromatic N) is 1. The van der Waals surface area contributed by atoms with E-state index in [0.717, 1.165) is 6.29 Å². The quantitative estimate of drug-likeness (QED) is 0.792. The normalized spacial score (nSPS) is 17.8. The summed E-state index contributed by atoms with van der Waals surface area (Å²) in [7, 11) is 1.68. The second-order valence-corrected chi connectivity index (χ2v) is 5.10. The molecule has 1 aromatic rings. The van der Waals surface area contributed by atoms with Gasteiger partial charge in [-0.1, -0.05) is 13.8 Å². The first kappa shape index (κ1) is 14.4. The van der Waals surface area contributed by atoms with Gasteiger partial charge >= 0.3 is 0 Å². The number of aldehydes is 1. The molecule has 1 unspecified atom stereocenters. The minimum atomic E-state index is -0.534. The van der Waals surface area contributed by atoms with Crippen molar-refractivity contribution < 1.29 is 19.1 Å². The van der Waals surface area contributed by atoms with Crippen LogP contribution in [0, 0.1) is 5.92 Å². The summed E-state index contributed by atoms with van der Waals surface area (Å²) in [5, 5.41) is 0. The summed E-state index contributed by atoms with van der Waals surface area (Å²) in [6, 6.07) is 3.27. The van der Waals surface area contributed by atoms with Gasteiger partial charge in [0.1, 0.15) is 6.29 Å². The second-order valence-electron chi connectivity index (χ2n) is 5.10. The Morgan fingerprint density at radius 1 is 1.45 bits per heavy atom. The van der Waals surface area contributed by atoms with Crippen molar-refractivity contribution in [1.29, 1.82) is 0 Å². The molecule has 0 bridgehead atoms. The maximum atomic E-state index is 12.3. The molecule has 0 aliphatic carbocycles. The highest BCUT2D eigenvalue weighted by atomic mass is 16.5. The number of hydrogen-bond acceptors (Lipinski definition) is 4. The van der Waals surface area contributed by atoms with E-state index in [1.165, 1.54) is 4.90 Å². The van der Waals surface area contributed by atoms with Gasteiger partial charge in [-0.15, -0.1) is 0 Å². The number of amides is 1. The Kier molecular flexibility index (Phi) is 3.97. The van der Waals surface area contributed by atoms with Crippen molar-refractivity contribution in [3.8, 4) is 11.5 Å². The van der Waals surface area contributed by atoms with Crippen LogP contribution in [-0.2, 0) is 4.79 Å². The number of rotatable bonds is 4.